The van der Waals surface area contributed by atoms with Crippen LogP contribution in [0.15, 0.2) is 146 Å². The molecule has 0 bridgehead atoms. The molecule has 2 unspecified atom stereocenters. The fourth-order valence-electron chi connectivity index (χ4n) is 10.1. The van der Waals surface area contributed by atoms with E-state index in [9.17, 15) is 5.26 Å². The fourth-order valence-corrected chi connectivity index (χ4v) is 10.1. The molecule has 9 aromatic rings. The van der Waals surface area contributed by atoms with Gasteiger partial charge in [0, 0.05) is 27.0 Å². The number of fused-ring (bicyclic) bond motifs is 9. The van der Waals surface area contributed by atoms with Crippen LogP contribution in [-0.2, 0) is 5.41 Å². The number of nitriles is 1. The van der Waals surface area contributed by atoms with Crippen LogP contribution in [0, 0.1) is 17.9 Å². The Morgan fingerprint density at radius 2 is 1.12 bits per heavy atom. The molecular formula is C53H42N4. The highest BCUT2D eigenvalue weighted by molar-refractivity contribution is 6.11. The molecule has 1 aliphatic rings. The number of rotatable bonds is 7. The van der Waals surface area contributed by atoms with Crippen molar-refractivity contribution in [1.29, 1.82) is 5.26 Å². The van der Waals surface area contributed by atoms with Crippen molar-refractivity contribution in [1.82, 2.24) is 9.13 Å². The maximum absolute atomic E-state index is 11.4. The number of hydrogen-bond donors (Lipinski definition) is 0. The van der Waals surface area contributed by atoms with Gasteiger partial charge in [0.25, 0.3) is 0 Å². The van der Waals surface area contributed by atoms with E-state index < -0.39 is 0 Å². The lowest BCUT2D eigenvalue weighted by Crippen LogP contribution is -2.16. The summed E-state index contributed by atoms with van der Waals surface area (Å²) < 4.78 is 4.51. The standard InChI is InChI=1S/C53H42N4/c1-6-34(35-27-28-37-36-17-7-12-22-43(36)53(3,4)44(37)30-35)29-33(2)51-42(32-54)49(56-45-23-13-8-18-38(45)39-19-9-14-24-46(39)56)31-50(52(51)55-5)57-47-25-15-10-20-40(47)41-21-11-16-26-48(41)57/h7-28,30-31,33-34H,6,29H2,1-4H3. The normalized spacial score (nSPS) is 14.1. The third-order valence-electron chi connectivity index (χ3n) is 12.9. The minimum atomic E-state index is -0.105. The van der Waals surface area contributed by atoms with Crippen LogP contribution in [0.1, 0.15) is 80.2 Å². The fraction of sp³-hybridized carbons (Fsp3) is 0.170. The average Bonchev–Trinajstić information content (AvgIpc) is 3.85. The zero-order chi connectivity index (χ0) is 39.0. The van der Waals surface area contributed by atoms with Crippen molar-refractivity contribution in [2.75, 3.05) is 0 Å². The highest BCUT2D eigenvalue weighted by atomic mass is 15.0. The monoisotopic (exact) mass is 734 g/mol. The van der Waals surface area contributed by atoms with Crippen molar-refractivity contribution in [3.05, 3.63) is 185 Å². The Morgan fingerprint density at radius 3 is 1.65 bits per heavy atom. The Morgan fingerprint density at radius 1 is 0.632 bits per heavy atom. The number of para-hydroxylation sites is 4. The van der Waals surface area contributed by atoms with E-state index >= 15 is 0 Å². The van der Waals surface area contributed by atoms with Gasteiger partial charge < -0.3 is 9.13 Å². The second-order valence-electron chi connectivity index (χ2n) is 16.2. The topological polar surface area (TPSA) is 38.0 Å². The first kappa shape index (κ1) is 34.6. The Kier molecular flexibility index (Phi) is 7.96. The van der Waals surface area contributed by atoms with Gasteiger partial charge in [0.15, 0.2) is 0 Å². The molecule has 1 aliphatic carbocycles. The molecule has 0 saturated carbocycles. The van der Waals surface area contributed by atoms with Crippen molar-refractivity contribution in [3.8, 4) is 28.6 Å². The second kappa shape index (κ2) is 13.1. The molecular weight excluding hydrogens is 693 g/mol. The summed E-state index contributed by atoms with van der Waals surface area (Å²) in [4.78, 5) is 4.38. The minimum Gasteiger partial charge on any atom is -0.319 e. The number of nitrogens with zero attached hydrogens (tertiary/aromatic N) is 4. The molecule has 0 radical (unpaired) electrons. The van der Waals surface area contributed by atoms with Crippen molar-refractivity contribution < 1.29 is 0 Å². The van der Waals surface area contributed by atoms with Gasteiger partial charge in [-0.1, -0.05) is 143 Å². The van der Waals surface area contributed by atoms with E-state index in [0.29, 0.717) is 11.3 Å². The number of hydrogen-bond acceptors (Lipinski definition) is 1. The predicted molar refractivity (Wildman–Crippen MR) is 236 cm³/mol. The smallest absolute Gasteiger partial charge is 0.215 e. The molecule has 57 heavy (non-hydrogen) atoms. The van der Waals surface area contributed by atoms with E-state index in [1.807, 2.05) is 0 Å². The predicted octanol–water partition coefficient (Wildman–Crippen LogP) is 14.3. The summed E-state index contributed by atoms with van der Waals surface area (Å²) >= 11 is 0. The summed E-state index contributed by atoms with van der Waals surface area (Å²) in [5, 5.41) is 15.9. The Hall–Kier alpha value is -6.88. The molecule has 0 fully saturated rings. The van der Waals surface area contributed by atoms with Gasteiger partial charge in [-0.05, 0) is 88.4 Å². The molecule has 2 atom stereocenters. The highest BCUT2D eigenvalue weighted by Gasteiger charge is 2.36. The minimum absolute atomic E-state index is 0.0923. The van der Waals surface area contributed by atoms with Crippen LogP contribution in [0.3, 0.4) is 0 Å². The molecule has 0 N–H and O–H groups in total. The number of benzene rings is 7. The Bertz CT molecular complexity index is 2920. The summed E-state index contributed by atoms with van der Waals surface area (Å²) in [6, 6.07) is 54.5. The zero-order valence-corrected chi connectivity index (χ0v) is 32.7. The summed E-state index contributed by atoms with van der Waals surface area (Å²) in [5.41, 5.74) is 14.3. The molecule has 4 heteroatoms. The number of aromatic nitrogens is 2. The SMILES string of the molecule is [C-]#[N+]c1c(-n2c3ccccc3c3ccccc32)cc(-n2c3ccccc3c3ccccc32)c(C#N)c1C(C)CC(CC)c1ccc2c(c1)C(C)(C)c1ccccc1-2. The maximum atomic E-state index is 11.4. The highest BCUT2D eigenvalue weighted by Crippen LogP contribution is 2.51. The van der Waals surface area contributed by atoms with Gasteiger partial charge in [-0.25, -0.2) is 4.85 Å². The van der Waals surface area contributed by atoms with E-state index in [2.05, 4.69) is 193 Å². The van der Waals surface area contributed by atoms with Gasteiger partial charge in [0.1, 0.15) is 6.07 Å². The molecule has 4 nitrogen and oxygen atoms in total. The largest absolute Gasteiger partial charge is 0.319 e. The van der Waals surface area contributed by atoms with Crippen LogP contribution in [0.2, 0.25) is 0 Å². The summed E-state index contributed by atoms with van der Waals surface area (Å²) in [5.74, 6) is 0.121. The van der Waals surface area contributed by atoms with Crippen molar-refractivity contribution in [2.24, 2.45) is 0 Å². The summed E-state index contributed by atoms with van der Waals surface area (Å²) in [7, 11) is 0. The van der Waals surface area contributed by atoms with E-state index in [1.54, 1.807) is 0 Å². The van der Waals surface area contributed by atoms with Gasteiger partial charge in [0.05, 0.1) is 45.6 Å². The van der Waals surface area contributed by atoms with Gasteiger partial charge in [-0.15, -0.1) is 0 Å². The lowest BCUT2D eigenvalue weighted by atomic mass is 9.78. The van der Waals surface area contributed by atoms with Crippen LogP contribution in [0.5, 0.6) is 0 Å². The molecule has 10 rings (SSSR count). The Labute approximate surface area is 333 Å². The molecule has 0 spiro atoms. The maximum Gasteiger partial charge on any atom is 0.215 e. The lowest BCUT2D eigenvalue weighted by Gasteiger charge is -2.27. The van der Waals surface area contributed by atoms with Crippen molar-refractivity contribution in [3.63, 3.8) is 0 Å². The van der Waals surface area contributed by atoms with Crippen LogP contribution >= 0.6 is 0 Å². The van der Waals surface area contributed by atoms with Crippen LogP contribution in [0.4, 0.5) is 5.69 Å². The molecule has 2 aromatic heterocycles. The van der Waals surface area contributed by atoms with E-state index in [0.717, 1.165) is 73.4 Å². The van der Waals surface area contributed by atoms with Gasteiger partial charge in [-0.3, -0.25) is 0 Å². The van der Waals surface area contributed by atoms with Gasteiger partial charge >= 0.3 is 0 Å². The lowest BCUT2D eigenvalue weighted by molar-refractivity contribution is 0.543. The third kappa shape index (κ3) is 5.04. The first-order valence-electron chi connectivity index (χ1n) is 20.1. The second-order valence-corrected chi connectivity index (χ2v) is 16.2. The molecule has 0 aliphatic heterocycles. The molecule has 0 amide bonds. The summed E-state index contributed by atoms with van der Waals surface area (Å²) in [6.07, 6.45) is 1.74. The van der Waals surface area contributed by atoms with E-state index in [-0.39, 0.29) is 17.3 Å². The molecule has 0 saturated heterocycles. The van der Waals surface area contributed by atoms with Crippen molar-refractivity contribution in [2.45, 2.75) is 57.8 Å². The average molecular weight is 735 g/mol. The van der Waals surface area contributed by atoms with Crippen molar-refractivity contribution >= 4 is 49.3 Å². The first-order chi connectivity index (χ1) is 27.8. The van der Waals surface area contributed by atoms with Crippen LogP contribution in [0.25, 0.3) is 71.0 Å². The molecule has 274 valence electrons. The third-order valence-corrected chi connectivity index (χ3v) is 12.9. The van der Waals surface area contributed by atoms with Crippen LogP contribution < -0.4 is 0 Å². The zero-order valence-electron chi connectivity index (χ0n) is 32.7. The van der Waals surface area contributed by atoms with E-state index in [4.69, 9.17) is 6.57 Å². The Balaban J connectivity index is 1.22. The van der Waals surface area contributed by atoms with E-state index in [1.165, 1.54) is 27.8 Å². The molecule has 7 aromatic carbocycles. The molecule has 2 heterocycles. The van der Waals surface area contributed by atoms with Crippen LogP contribution in [-0.4, -0.2) is 9.13 Å². The van der Waals surface area contributed by atoms with Gasteiger partial charge in [-0.2, -0.15) is 5.26 Å². The quantitative estimate of drug-likeness (QED) is 0.150. The first-order valence-corrected chi connectivity index (χ1v) is 20.1. The van der Waals surface area contributed by atoms with Gasteiger partial charge in [0.2, 0.25) is 5.69 Å². The summed E-state index contributed by atoms with van der Waals surface area (Å²) in [6.45, 7) is 18.1.